The molecule has 6 nitrogen and oxygen atoms in total. The number of hydrogen-bond acceptors (Lipinski definition) is 3. The maximum Gasteiger partial charge on any atom is 0.320 e. The van der Waals surface area contributed by atoms with Gasteiger partial charge in [-0.15, -0.1) is 0 Å². The summed E-state index contributed by atoms with van der Waals surface area (Å²) in [6, 6.07) is -0.820. The molecule has 0 aliphatic heterocycles. The van der Waals surface area contributed by atoms with Crippen LogP contribution in [0.2, 0.25) is 0 Å². The molecule has 0 radical (unpaired) electrons. The van der Waals surface area contributed by atoms with E-state index < -0.39 is 12.0 Å². The number of guanidine groups is 1. The molecule has 7 heteroatoms. The first-order valence-corrected chi connectivity index (χ1v) is 3.58. The number of carbonyl (C=O) groups is 1. The molecule has 0 saturated carbocycles. The summed E-state index contributed by atoms with van der Waals surface area (Å²) in [5.41, 5.74) is 15.3. The second-order valence-corrected chi connectivity index (χ2v) is 2.39. The van der Waals surface area contributed by atoms with Gasteiger partial charge in [0.25, 0.3) is 0 Å². The summed E-state index contributed by atoms with van der Waals surface area (Å²) in [5, 5.41) is 8.38. The molecule has 0 aliphatic carbocycles. The number of aliphatic carboxylic acids is 1. The average molecular weight is 230 g/mol. The average Bonchev–Trinajstić information content (AvgIpc) is 1.97. The minimum atomic E-state index is -1.00. The van der Waals surface area contributed by atoms with E-state index >= 15 is 0 Å². The van der Waals surface area contributed by atoms with Crippen LogP contribution in [0, 0.1) is 0 Å². The van der Waals surface area contributed by atoms with Gasteiger partial charge in [0.05, 0.1) is 0 Å². The molecule has 0 fully saturated rings. The zero-order valence-electron chi connectivity index (χ0n) is 7.09. The fraction of sp³-hybridized carbons (Fsp3) is 0.667. The second-order valence-electron chi connectivity index (χ2n) is 2.39. The van der Waals surface area contributed by atoms with Crippen LogP contribution in [-0.2, 0) is 21.9 Å². The Bertz CT molecular complexity index is 181. The van der Waals surface area contributed by atoms with E-state index in [1.54, 1.807) is 0 Å². The van der Waals surface area contributed by atoms with Crippen molar-refractivity contribution in [3.05, 3.63) is 0 Å². The number of aliphatic imine (C=N–C) groups is 1. The van der Waals surface area contributed by atoms with Crippen LogP contribution in [0.3, 0.4) is 0 Å². The zero-order valence-corrected chi connectivity index (χ0v) is 8.19. The Morgan fingerprint density at radius 1 is 1.46 bits per heavy atom. The molecule has 0 aliphatic rings. The van der Waals surface area contributed by atoms with E-state index in [4.69, 9.17) is 22.3 Å². The van der Waals surface area contributed by atoms with E-state index in [1.165, 1.54) is 0 Å². The first kappa shape index (κ1) is 14.7. The molecule has 7 N–H and O–H groups in total. The minimum Gasteiger partial charge on any atom is -0.480 e. The minimum absolute atomic E-state index is 0. The standard InChI is InChI=1S/C6H14N4O2.Fe/c7-4(5(11)12)2-1-3-10-6(8)9;/h4H,1-3,7H2,(H,11,12)(H4,8,9,10);/t4-;/m0./s1. The number of rotatable bonds is 5. The predicted octanol–water partition coefficient (Wildman–Crippen LogP) is -1.55. The van der Waals surface area contributed by atoms with Crippen LogP contribution in [0.4, 0.5) is 0 Å². The predicted molar refractivity (Wildman–Crippen MR) is 45.5 cm³/mol. The third-order valence-electron chi connectivity index (χ3n) is 1.28. The van der Waals surface area contributed by atoms with Crippen molar-refractivity contribution in [2.75, 3.05) is 6.54 Å². The van der Waals surface area contributed by atoms with Gasteiger partial charge in [0.2, 0.25) is 0 Å². The molecule has 0 spiro atoms. The fourth-order valence-corrected chi connectivity index (χ4v) is 0.643. The van der Waals surface area contributed by atoms with Gasteiger partial charge >= 0.3 is 5.97 Å². The number of carboxylic acid groups (broad SMARTS) is 1. The van der Waals surface area contributed by atoms with Crippen molar-refractivity contribution < 1.29 is 27.0 Å². The van der Waals surface area contributed by atoms with Gasteiger partial charge < -0.3 is 22.3 Å². The molecular formula is C6H14FeN4O2. The van der Waals surface area contributed by atoms with Crippen molar-refractivity contribution in [2.24, 2.45) is 22.2 Å². The van der Waals surface area contributed by atoms with Gasteiger partial charge in [-0.3, -0.25) is 9.79 Å². The second kappa shape index (κ2) is 7.85. The van der Waals surface area contributed by atoms with Crippen LogP contribution in [0.1, 0.15) is 12.8 Å². The number of nitrogens with two attached hydrogens (primary N) is 3. The van der Waals surface area contributed by atoms with Gasteiger partial charge in [-0.1, -0.05) is 0 Å². The van der Waals surface area contributed by atoms with Crippen LogP contribution in [0.5, 0.6) is 0 Å². The summed E-state index contributed by atoms with van der Waals surface area (Å²) in [6.45, 7) is 0.420. The number of carboxylic acids is 1. The fourth-order valence-electron chi connectivity index (χ4n) is 0.643. The Labute approximate surface area is 87.0 Å². The summed E-state index contributed by atoms with van der Waals surface area (Å²) in [6.07, 6.45) is 0.956. The Morgan fingerprint density at radius 3 is 2.38 bits per heavy atom. The smallest absolute Gasteiger partial charge is 0.320 e. The summed E-state index contributed by atoms with van der Waals surface area (Å²) >= 11 is 0. The monoisotopic (exact) mass is 230 g/mol. The maximum atomic E-state index is 10.2. The van der Waals surface area contributed by atoms with Crippen molar-refractivity contribution in [1.82, 2.24) is 0 Å². The molecule has 1 atom stereocenters. The summed E-state index contributed by atoms with van der Waals surface area (Å²) < 4.78 is 0. The van der Waals surface area contributed by atoms with Gasteiger partial charge in [-0.25, -0.2) is 0 Å². The van der Waals surface area contributed by atoms with Crippen molar-refractivity contribution in [2.45, 2.75) is 18.9 Å². The topological polar surface area (TPSA) is 128 Å². The molecule has 0 aromatic carbocycles. The summed E-state index contributed by atoms with van der Waals surface area (Å²) in [5.74, 6) is -0.987. The quantitative estimate of drug-likeness (QED) is 0.197. The van der Waals surface area contributed by atoms with E-state index in [9.17, 15) is 4.79 Å². The Morgan fingerprint density at radius 2 is 2.00 bits per heavy atom. The normalized spacial score (nSPS) is 11.2. The Kier molecular flexibility index (Phi) is 8.89. The SMILES string of the molecule is NC(N)=NCCC[C@H](N)C(=O)O.[Fe]. The van der Waals surface area contributed by atoms with Crippen molar-refractivity contribution in [3.8, 4) is 0 Å². The van der Waals surface area contributed by atoms with E-state index in [0.29, 0.717) is 19.4 Å². The van der Waals surface area contributed by atoms with Crippen LogP contribution >= 0.6 is 0 Å². The first-order chi connectivity index (χ1) is 5.54. The Hall–Kier alpha value is -0.781. The number of hydrogen-bond donors (Lipinski definition) is 4. The first-order valence-electron chi connectivity index (χ1n) is 3.58. The van der Waals surface area contributed by atoms with Crippen LogP contribution in [-0.4, -0.2) is 29.6 Å². The van der Waals surface area contributed by atoms with E-state index in [1.807, 2.05) is 0 Å². The van der Waals surface area contributed by atoms with E-state index in [-0.39, 0.29) is 23.0 Å². The van der Waals surface area contributed by atoms with Crippen molar-refractivity contribution in [3.63, 3.8) is 0 Å². The zero-order chi connectivity index (χ0) is 9.56. The van der Waals surface area contributed by atoms with Crippen molar-refractivity contribution >= 4 is 11.9 Å². The molecule has 0 rings (SSSR count). The van der Waals surface area contributed by atoms with Gasteiger partial charge in [0, 0.05) is 23.6 Å². The Balaban J connectivity index is 0. The van der Waals surface area contributed by atoms with Gasteiger partial charge in [0.15, 0.2) is 5.96 Å². The van der Waals surface area contributed by atoms with Crippen LogP contribution < -0.4 is 17.2 Å². The van der Waals surface area contributed by atoms with E-state index in [0.717, 1.165) is 0 Å². The summed E-state index contributed by atoms with van der Waals surface area (Å²) in [7, 11) is 0. The van der Waals surface area contributed by atoms with Gasteiger partial charge in [-0.05, 0) is 12.8 Å². The molecule has 0 bridgehead atoms. The molecule has 13 heavy (non-hydrogen) atoms. The van der Waals surface area contributed by atoms with Crippen molar-refractivity contribution in [1.29, 1.82) is 0 Å². The molecule has 0 aromatic heterocycles. The molecule has 0 unspecified atom stereocenters. The third-order valence-corrected chi connectivity index (χ3v) is 1.28. The van der Waals surface area contributed by atoms with Crippen LogP contribution in [0.25, 0.3) is 0 Å². The molecule has 0 aromatic rings. The third kappa shape index (κ3) is 9.13. The molecule has 0 heterocycles. The molecule has 0 saturated heterocycles. The van der Waals surface area contributed by atoms with Gasteiger partial charge in [0.1, 0.15) is 6.04 Å². The van der Waals surface area contributed by atoms with E-state index in [2.05, 4.69) is 4.99 Å². The molecule has 78 valence electrons. The number of nitrogens with zero attached hydrogens (tertiary/aromatic N) is 1. The largest absolute Gasteiger partial charge is 0.480 e. The summed E-state index contributed by atoms with van der Waals surface area (Å²) in [4.78, 5) is 13.9. The van der Waals surface area contributed by atoms with Crippen LogP contribution in [0.15, 0.2) is 4.99 Å². The van der Waals surface area contributed by atoms with Gasteiger partial charge in [-0.2, -0.15) is 0 Å². The maximum absolute atomic E-state index is 10.2. The molecular weight excluding hydrogens is 216 g/mol. The molecule has 0 amide bonds.